The molecule has 0 spiro atoms. The fraction of sp³-hybridized carbons (Fsp3) is 0.316. The molecule has 0 radical (unpaired) electrons. The van der Waals surface area contributed by atoms with Crippen molar-refractivity contribution in [3.8, 4) is 0 Å². The molecular formula is C19H23N3O2. The summed E-state index contributed by atoms with van der Waals surface area (Å²) < 4.78 is 5.67. The van der Waals surface area contributed by atoms with Gasteiger partial charge in [-0.1, -0.05) is 18.2 Å². The Balaban J connectivity index is 1.61. The second-order valence-corrected chi connectivity index (χ2v) is 6.14. The molecule has 2 amide bonds. The van der Waals surface area contributed by atoms with Crippen LogP contribution in [0.5, 0.6) is 0 Å². The SMILES string of the molecule is CC1CN(c2ccc(NC(=O)Nc3ccccc3)cc2)C(C)CO1. The number of para-hydroxylation sites is 1. The first-order chi connectivity index (χ1) is 11.6. The van der Waals surface area contributed by atoms with Crippen molar-refractivity contribution in [2.75, 3.05) is 28.7 Å². The number of benzene rings is 2. The maximum atomic E-state index is 12.0. The van der Waals surface area contributed by atoms with Crippen LogP contribution in [0.15, 0.2) is 54.6 Å². The lowest BCUT2D eigenvalue weighted by atomic mass is 10.1. The Morgan fingerprint density at radius 1 is 1.00 bits per heavy atom. The van der Waals surface area contributed by atoms with Gasteiger partial charge >= 0.3 is 6.03 Å². The molecular weight excluding hydrogens is 302 g/mol. The molecule has 1 aliphatic rings. The zero-order valence-corrected chi connectivity index (χ0v) is 14.0. The van der Waals surface area contributed by atoms with E-state index in [1.807, 2.05) is 54.6 Å². The fourth-order valence-corrected chi connectivity index (χ4v) is 2.81. The van der Waals surface area contributed by atoms with E-state index in [4.69, 9.17) is 4.74 Å². The highest BCUT2D eigenvalue weighted by atomic mass is 16.5. The van der Waals surface area contributed by atoms with Gasteiger partial charge < -0.3 is 20.3 Å². The zero-order chi connectivity index (χ0) is 16.9. The molecule has 0 aromatic heterocycles. The summed E-state index contributed by atoms with van der Waals surface area (Å²) in [4.78, 5) is 14.3. The quantitative estimate of drug-likeness (QED) is 0.898. The Hall–Kier alpha value is -2.53. The highest BCUT2D eigenvalue weighted by Crippen LogP contribution is 2.23. The van der Waals surface area contributed by atoms with Crippen molar-refractivity contribution >= 4 is 23.1 Å². The van der Waals surface area contributed by atoms with Gasteiger partial charge in [-0.3, -0.25) is 0 Å². The third kappa shape index (κ3) is 4.06. The number of rotatable bonds is 3. The molecule has 3 rings (SSSR count). The van der Waals surface area contributed by atoms with E-state index >= 15 is 0 Å². The summed E-state index contributed by atoms with van der Waals surface area (Å²) >= 11 is 0. The smallest absolute Gasteiger partial charge is 0.323 e. The van der Waals surface area contributed by atoms with Gasteiger partial charge in [0.15, 0.2) is 0 Å². The van der Waals surface area contributed by atoms with Crippen molar-refractivity contribution in [3.63, 3.8) is 0 Å². The number of ether oxygens (including phenoxy) is 1. The monoisotopic (exact) mass is 325 g/mol. The average Bonchev–Trinajstić information content (AvgIpc) is 2.59. The van der Waals surface area contributed by atoms with Gasteiger partial charge in [0, 0.05) is 29.6 Å². The lowest BCUT2D eigenvalue weighted by molar-refractivity contribution is 0.0344. The molecule has 24 heavy (non-hydrogen) atoms. The number of morpholine rings is 1. The molecule has 126 valence electrons. The van der Waals surface area contributed by atoms with Gasteiger partial charge in [0.25, 0.3) is 0 Å². The summed E-state index contributed by atoms with van der Waals surface area (Å²) in [5, 5.41) is 5.65. The molecule has 2 aromatic carbocycles. The zero-order valence-electron chi connectivity index (χ0n) is 14.0. The Bertz CT molecular complexity index is 673. The second kappa shape index (κ2) is 7.36. The summed E-state index contributed by atoms with van der Waals surface area (Å²) in [5.74, 6) is 0. The van der Waals surface area contributed by atoms with E-state index in [9.17, 15) is 4.79 Å². The van der Waals surface area contributed by atoms with Crippen LogP contribution in [0, 0.1) is 0 Å². The molecule has 1 heterocycles. The third-order valence-electron chi connectivity index (χ3n) is 4.10. The van der Waals surface area contributed by atoms with Crippen LogP contribution in [0.3, 0.4) is 0 Å². The van der Waals surface area contributed by atoms with Crippen LogP contribution < -0.4 is 15.5 Å². The molecule has 2 aromatic rings. The number of carbonyl (C=O) groups excluding carboxylic acids is 1. The minimum Gasteiger partial charge on any atom is -0.375 e. The highest BCUT2D eigenvalue weighted by Gasteiger charge is 2.23. The van der Waals surface area contributed by atoms with Crippen molar-refractivity contribution < 1.29 is 9.53 Å². The van der Waals surface area contributed by atoms with Gasteiger partial charge in [0.1, 0.15) is 0 Å². The van der Waals surface area contributed by atoms with Gasteiger partial charge in [0.2, 0.25) is 0 Å². The fourth-order valence-electron chi connectivity index (χ4n) is 2.81. The Labute approximate surface area is 142 Å². The number of amides is 2. The predicted molar refractivity (Wildman–Crippen MR) is 97.7 cm³/mol. The van der Waals surface area contributed by atoms with Gasteiger partial charge in [-0.25, -0.2) is 4.79 Å². The van der Waals surface area contributed by atoms with E-state index in [-0.39, 0.29) is 12.1 Å². The first kappa shape index (κ1) is 16.3. The molecule has 5 heteroatoms. The first-order valence-electron chi connectivity index (χ1n) is 8.23. The van der Waals surface area contributed by atoms with Crippen LogP contribution >= 0.6 is 0 Å². The molecule has 0 bridgehead atoms. The van der Waals surface area contributed by atoms with Gasteiger partial charge in [-0.15, -0.1) is 0 Å². The molecule has 0 saturated carbocycles. The molecule has 0 aliphatic carbocycles. The normalized spacial score (nSPS) is 20.5. The van der Waals surface area contributed by atoms with Crippen molar-refractivity contribution in [1.29, 1.82) is 0 Å². The van der Waals surface area contributed by atoms with Crippen LogP contribution in [-0.2, 0) is 4.74 Å². The minimum absolute atomic E-state index is 0.232. The maximum Gasteiger partial charge on any atom is 0.323 e. The van der Waals surface area contributed by atoms with E-state index in [2.05, 4.69) is 29.4 Å². The van der Waals surface area contributed by atoms with Gasteiger partial charge in [-0.2, -0.15) is 0 Å². The van der Waals surface area contributed by atoms with E-state index in [1.54, 1.807) is 0 Å². The predicted octanol–water partition coefficient (Wildman–Crippen LogP) is 3.94. The van der Waals surface area contributed by atoms with Crippen molar-refractivity contribution in [2.24, 2.45) is 0 Å². The van der Waals surface area contributed by atoms with E-state index in [0.29, 0.717) is 6.04 Å². The van der Waals surface area contributed by atoms with Gasteiger partial charge in [-0.05, 0) is 50.2 Å². The Kier molecular flexibility index (Phi) is 5.01. The van der Waals surface area contributed by atoms with Crippen molar-refractivity contribution in [2.45, 2.75) is 26.0 Å². The molecule has 2 N–H and O–H groups in total. The van der Waals surface area contributed by atoms with E-state index < -0.39 is 0 Å². The molecule has 5 nitrogen and oxygen atoms in total. The van der Waals surface area contributed by atoms with Crippen LogP contribution in [-0.4, -0.2) is 31.3 Å². The third-order valence-corrected chi connectivity index (χ3v) is 4.10. The molecule has 2 unspecified atom stereocenters. The van der Waals surface area contributed by atoms with Crippen molar-refractivity contribution in [3.05, 3.63) is 54.6 Å². The van der Waals surface area contributed by atoms with E-state index in [1.165, 1.54) is 0 Å². The standard InChI is InChI=1S/C19H23N3O2/c1-14-13-24-15(2)12-22(14)18-10-8-17(9-11-18)21-19(23)20-16-6-4-3-5-7-16/h3-11,14-15H,12-13H2,1-2H3,(H2,20,21,23). The molecule has 1 aliphatic heterocycles. The van der Waals surface area contributed by atoms with Crippen LogP contribution in [0.4, 0.5) is 21.9 Å². The summed E-state index contributed by atoms with van der Waals surface area (Å²) in [6.07, 6.45) is 0.232. The Morgan fingerprint density at radius 2 is 1.62 bits per heavy atom. The number of hydrogen-bond donors (Lipinski definition) is 2. The van der Waals surface area contributed by atoms with Crippen LogP contribution in [0.2, 0.25) is 0 Å². The topological polar surface area (TPSA) is 53.6 Å². The summed E-state index contributed by atoms with van der Waals surface area (Å²) in [7, 11) is 0. The number of nitrogens with zero attached hydrogens (tertiary/aromatic N) is 1. The lowest BCUT2D eigenvalue weighted by Gasteiger charge is -2.38. The van der Waals surface area contributed by atoms with Crippen LogP contribution in [0.1, 0.15) is 13.8 Å². The first-order valence-corrected chi connectivity index (χ1v) is 8.23. The molecule has 1 saturated heterocycles. The summed E-state index contributed by atoms with van der Waals surface area (Å²) in [5.41, 5.74) is 2.68. The van der Waals surface area contributed by atoms with E-state index in [0.717, 1.165) is 30.2 Å². The summed E-state index contributed by atoms with van der Waals surface area (Å²) in [6.45, 7) is 5.86. The lowest BCUT2D eigenvalue weighted by Crippen LogP contribution is -2.47. The number of nitrogens with one attached hydrogen (secondary N) is 2. The number of urea groups is 1. The maximum absolute atomic E-state index is 12.0. The van der Waals surface area contributed by atoms with Gasteiger partial charge in [0.05, 0.1) is 12.7 Å². The largest absolute Gasteiger partial charge is 0.375 e. The average molecular weight is 325 g/mol. The van der Waals surface area contributed by atoms with Crippen LogP contribution in [0.25, 0.3) is 0 Å². The Morgan fingerprint density at radius 3 is 2.29 bits per heavy atom. The minimum atomic E-state index is -0.248. The molecule has 1 fully saturated rings. The number of hydrogen-bond acceptors (Lipinski definition) is 3. The van der Waals surface area contributed by atoms with Crippen molar-refractivity contribution in [1.82, 2.24) is 0 Å². The highest BCUT2D eigenvalue weighted by molar-refractivity contribution is 5.99. The number of anilines is 3. The second-order valence-electron chi connectivity index (χ2n) is 6.14. The number of carbonyl (C=O) groups is 1. The molecule has 2 atom stereocenters. The summed E-state index contributed by atoms with van der Waals surface area (Å²) in [6, 6.07) is 17.4.